The quantitative estimate of drug-likeness (QED) is 0.447. The van der Waals surface area contributed by atoms with Gasteiger partial charge in [0, 0.05) is 18.4 Å². The normalized spacial score (nSPS) is 29.7. The van der Waals surface area contributed by atoms with Gasteiger partial charge in [-0.25, -0.2) is 4.79 Å². The second kappa shape index (κ2) is 5.12. The minimum absolute atomic E-state index is 0.0159. The number of oxime groups is 1. The summed E-state index contributed by atoms with van der Waals surface area (Å²) in [6, 6.07) is 0. The molecule has 1 saturated carbocycles. The van der Waals surface area contributed by atoms with E-state index in [2.05, 4.69) is 25.9 Å². The van der Waals surface area contributed by atoms with E-state index in [1.807, 2.05) is 6.92 Å². The molecule has 0 N–H and O–H groups in total. The zero-order valence-electron chi connectivity index (χ0n) is 12.2. The molecule has 5 heteroatoms. The predicted molar refractivity (Wildman–Crippen MR) is 70.6 cm³/mol. The average Bonchev–Trinajstić information content (AvgIpc) is 2.85. The molecule has 1 aliphatic carbocycles. The number of hydrogen-bond donors (Lipinski definition) is 0. The first-order valence-corrected chi connectivity index (χ1v) is 6.93. The molecule has 2 aliphatic rings. The van der Waals surface area contributed by atoms with Crippen LogP contribution in [0, 0.1) is 11.3 Å². The van der Waals surface area contributed by atoms with Crippen LogP contribution in [-0.4, -0.2) is 30.7 Å². The molecule has 0 saturated heterocycles. The van der Waals surface area contributed by atoms with Gasteiger partial charge in [0.25, 0.3) is 0 Å². The summed E-state index contributed by atoms with van der Waals surface area (Å²) in [5.74, 6) is -0.298. The maximum absolute atomic E-state index is 12.3. The van der Waals surface area contributed by atoms with Crippen LogP contribution in [0.5, 0.6) is 0 Å². The highest BCUT2D eigenvalue weighted by molar-refractivity contribution is 5.99. The van der Waals surface area contributed by atoms with Crippen LogP contribution in [0.1, 0.15) is 47.0 Å². The van der Waals surface area contributed by atoms with Gasteiger partial charge in [0.2, 0.25) is 5.60 Å². The molecule has 1 fully saturated rings. The van der Waals surface area contributed by atoms with Gasteiger partial charge in [-0.3, -0.25) is 0 Å². The molecule has 0 amide bonds. The van der Waals surface area contributed by atoms with E-state index in [1.165, 1.54) is 0 Å². The van der Waals surface area contributed by atoms with Crippen molar-refractivity contribution in [3.8, 4) is 0 Å². The number of esters is 1. The van der Waals surface area contributed by atoms with E-state index in [9.17, 15) is 4.79 Å². The fourth-order valence-electron chi connectivity index (χ4n) is 2.88. The molecule has 19 heavy (non-hydrogen) atoms. The number of carbonyl (C=O) groups is 1. The van der Waals surface area contributed by atoms with E-state index < -0.39 is 5.60 Å². The Hall–Kier alpha value is -1.10. The summed E-state index contributed by atoms with van der Waals surface area (Å²) in [6.07, 6.45) is 2.56. The summed E-state index contributed by atoms with van der Waals surface area (Å²) in [4.78, 5) is 17.8. The summed E-state index contributed by atoms with van der Waals surface area (Å²) in [6.45, 7) is 8.64. The summed E-state index contributed by atoms with van der Waals surface area (Å²) in [5.41, 5.74) is -0.0187. The maximum atomic E-state index is 12.3. The first kappa shape index (κ1) is 14.3. The van der Waals surface area contributed by atoms with Gasteiger partial charge in [-0.05, 0) is 19.8 Å². The lowest BCUT2D eigenvalue weighted by Crippen LogP contribution is -2.46. The van der Waals surface area contributed by atoms with E-state index >= 15 is 0 Å². The van der Waals surface area contributed by atoms with Crippen LogP contribution in [0.2, 0.25) is 0 Å². The predicted octanol–water partition coefficient (Wildman–Crippen LogP) is 2.49. The minimum Gasteiger partial charge on any atom is -0.435 e. The second-order valence-corrected chi connectivity index (χ2v) is 6.19. The Morgan fingerprint density at radius 1 is 1.53 bits per heavy atom. The third-order valence-electron chi connectivity index (χ3n) is 3.83. The van der Waals surface area contributed by atoms with Crippen LogP contribution >= 0.6 is 0 Å². The molecular formula is C14H23NO4. The average molecular weight is 269 g/mol. The Morgan fingerprint density at radius 3 is 2.89 bits per heavy atom. The van der Waals surface area contributed by atoms with Gasteiger partial charge in [0.05, 0.1) is 11.6 Å². The summed E-state index contributed by atoms with van der Waals surface area (Å²) < 4.78 is 10.2. The van der Waals surface area contributed by atoms with Crippen LogP contribution < -0.4 is 0 Å². The number of hydrogen-bond acceptors (Lipinski definition) is 5. The SMILES string of the molecule is CCOCOC(=O)C12CCCC1C(C(C)(C)C)=NO2. The topological polar surface area (TPSA) is 57.1 Å². The van der Waals surface area contributed by atoms with E-state index in [0.717, 1.165) is 18.6 Å². The molecule has 2 unspecified atom stereocenters. The van der Waals surface area contributed by atoms with E-state index in [0.29, 0.717) is 13.0 Å². The van der Waals surface area contributed by atoms with Gasteiger partial charge >= 0.3 is 5.97 Å². The Labute approximate surface area is 114 Å². The molecule has 2 atom stereocenters. The number of rotatable bonds is 4. The number of ether oxygens (including phenoxy) is 2. The summed E-state index contributed by atoms with van der Waals surface area (Å²) in [5, 5.41) is 4.19. The molecule has 0 aromatic carbocycles. The largest absolute Gasteiger partial charge is 0.435 e. The highest BCUT2D eigenvalue weighted by atomic mass is 16.7. The first-order valence-electron chi connectivity index (χ1n) is 6.93. The van der Waals surface area contributed by atoms with Crippen molar-refractivity contribution in [3.63, 3.8) is 0 Å². The van der Waals surface area contributed by atoms with Crippen molar-refractivity contribution < 1.29 is 19.1 Å². The molecule has 2 rings (SSSR count). The Balaban J connectivity index is 2.10. The van der Waals surface area contributed by atoms with Crippen molar-refractivity contribution in [1.29, 1.82) is 0 Å². The molecule has 0 aromatic rings. The molecule has 1 aliphatic heterocycles. The van der Waals surface area contributed by atoms with Crippen molar-refractivity contribution in [2.45, 2.75) is 52.6 Å². The molecule has 5 nitrogen and oxygen atoms in total. The second-order valence-electron chi connectivity index (χ2n) is 6.19. The van der Waals surface area contributed by atoms with E-state index in [1.54, 1.807) is 0 Å². The van der Waals surface area contributed by atoms with Gasteiger partial charge in [-0.2, -0.15) is 0 Å². The molecule has 0 bridgehead atoms. The standard InChI is InChI=1S/C14H23NO4/c1-5-17-9-18-12(16)14-8-6-7-10(14)11(15-19-14)13(2,3)4/h10H,5-9H2,1-4H3. The van der Waals surface area contributed by atoms with E-state index in [-0.39, 0.29) is 24.1 Å². The third-order valence-corrected chi connectivity index (χ3v) is 3.83. The molecule has 0 radical (unpaired) electrons. The highest BCUT2D eigenvalue weighted by Gasteiger charge is 2.60. The van der Waals surface area contributed by atoms with Gasteiger partial charge in [0.1, 0.15) is 0 Å². The first-order chi connectivity index (χ1) is 8.92. The van der Waals surface area contributed by atoms with Crippen molar-refractivity contribution in [2.75, 3.05) is 13.4 Å². The van der Waals surface area contributed by atoms with Gasteiger partial charge in [-0.1, -0.05) is 25.9 Å². The number of nitrogens with zero attached hydrogens (tertiary/aromatic N) is 1. The van der Waals surface area contributed by atoms with Crippen molar-refractivity contribution >= 4 is 11.7 Å². The van der Waals surface area contributed by atoms with E-state index in [4.69, 9.17) is 14.3 Å². The fraction of sp³-hybridized carbons (Fsp3) is 0.857. The molecular weight excluding hydrogens is 246 g/mol. The number of fused-ring (bicyclic) bond motifs is 1. The highest BCUT2D eigenvalue weighted by Crippen LogP contribution is 2.48. The minimum atomic E-state index is -0.903. The van der Waals surface area contributed by atoms with Crippen LogP contribution in [0.3, 0.4) is 0 Å². The molecule has 108 valence electrons. The lowest BCUT2D eigenvalue weighted by atomic mass is 9.76. The molecule has 0 aromatic heterocycles. The lowest BCUT2D eigenvalue weighted by molar-refractivity contribution is -0.183. The van der Waals surface area contributed by atoms with Gasteiger partial charge in [-0.15, -0.1) is 0 Å². The molecule has 0 spiro atoms. The van der Waals surface area contributed by atoms with Crippen LogP contribution in [-0.2, 0) is 19.1 Å². The van der Waals surface area contributed by atoms with Crippen LogP contribution in [0.4, 0.5) is 0 Å². The number of carbonyl (C=O) groups excluding carboxylic acids is 1. The maximum Gasteiger partial charge on any atom is 0.356 e. The van der Waals surface area contributed by atoms with Crippen molar-refractivity contribution in [1.82, 2.24) is 0 Å². The lowest BCUT2D eigenvalue weighted by Gasteiger charge is -2.27. The smallest absolute Gasteiger partial charge is 0.356 e. The Bertz CT molecular complexity index is 385. The fourth-order valence-corrected chi connectivity index (χ4v) is 2.88. The Kier molecular flexibility index (Phi) is 3.85. The van der Waals surface area contributed by atoms with Crippen molar-refractivity contribution in [3.05, 3.63) is 0 Å². The summed E-state index contributed by atoms with van der Waals surface area (Å²) in [7, 11) is 0. The van der Waals surface area contributed by atoms with Gasteiger partial charge < -0.3 is 14.3 Å². The van der Waals surface area contributed by atoms with Crippen LogP contribution in [0.25, 0.3) is 0 Å². The van der Waals surface area contributed by atoms with Crippen LogP contribution in [0.15, 0.2) is 5.16 Å². The monoisotopic (exact) mass is 269 g/mol. The zero-order valence-corrected chi connectivity index (χ0v) is 12.2. The Morgan fingerprint density at radius 2 is 2.26 bits per heavy atom. The zero-order chi connectivity index (χ0) is 14.1. The molecule has 1 heterocycles. The van der Waals surface area contributed by atoms with Gasteiger partial charge in [0.15, 0.2) is 6.79 Å². The summed E-state index contributed by atoms with van der Waals surface area (Å²) >= 11 is 0. The third kappa shape index (κ3) is 2.48. The van der Waals surface area contributed by atoms with Crippen molar-refractivity contribution in [2.24, 2.45) is 16.5 Å².